The van der Waals surface area contributed by atoms with Crippen LogP contribution >= 0.6 is 22.9 Å². The van der Waals surface area contributed by atoms with E-state index in [1.54, 1.807) is 13.8 Å². The zero-order valence-electron chi connectivity index (χ0n) is 11.2. The predicted octanol–water partition coefficient (Wildman–Crippen LogP) is 2.59. The van der Waals surface area contributed by atoms with Crippen LogP contribution in [-0.2, 0) is 14.8 Å². The second kappa shape index (κ2) is 5.29. The lowest BCUT2D eigenvalue weighted by Crippen LogP contribution is -2.36. The Morgan fingerprint density at radius 2 is 2.25 bits per heavy atom. The highest BCUT2D eigenvalue weighted by Crippen LogP contribution is 2.39. The number of aliphatic carboxylic acids is 1. The van der Waals surface area contributed by atoms with Crippen LogP contribution in [0.3, 0.4) is 0 Å². The number of aryl methyl sites for hydroxylation is 1. The Bertz CT molecular complexity index is 620. The Balaban J connectivity index is 2.31. The molecule has 20 heavy (non-hydrogen) atoms. The van der Waals surface area contributed by atoms with Crippen LogP contribution in [0, 0.1) is 12.3 Å². The standard InChI is InChI=1S/C12H16ClNO4S2/c1-3-12(11(15)16)4-5-14(7-12)20(17,18)9-6-8(2)10(13)19-9/h6H,3-5,7H2,1-2H3,(H,15,16). The molecule has 1 unspecified atom stereocenters. The molecule has 8 heteroatoms. The van der Waals surface area contributed by atoms with Crippen molar-refractivity contribution in [2.24, 2.45) is 5.41 Å². The van der Waals surface area contributed by atoms with Gasteiger partial charge in [-0.2, -0.15) is 4.31 Å². The number of carboxylic acid groups (broad SMARTS) is 1. The van der Waals surface area contributed by atoms with Crippen molar-refractivity contribution in [3.8, 4) is 0 Å². The topological polar surface area (TPSA) is 74.7 Å². The van der Waals surface area contributed by atoms with Gasteiger partial charge in [0.15, 0.2) is 0 Å². The summed E-state index contributed by atoms with van der Waals surface area (Å²) in [6.07, 6.45) is 0.759. The van der Waals surface area contributed by atoms with Crippen molar-refractivity contribution in [1.29, 1.82) is 0 Å². The normalized spacial score (nSPS) is 24.1. The first-order valence-electron chi connectivity index (χ1n) is 6.22. The van der Waals surface area contributed by atoms with Crippen molar-refractivity contribution >= 4 is 38.9 Å². The second-order valence-corrected chi connectivity index (χ2v) is 8.87. The monoisotopic (exact) mass is 337 g/mol. The van der Waals surface area contributed by atoms with E-state index in [2.05, 4.69) is 0 Å². The molecule has 0 radical (unpaired) electrons. The Labute approximate surface area is 127 Å². The molecule has 112 valence electrons. The van der Waals surface area contributed by atoms with E-state index in [0.29, 0.717) is 17.2 Å². The van der Waals surface area contributed by atoms with Crippen LogP contribution in [0.25, 0.3) is 0 Å². The highest BCUT2D eigenvalue weighted by molar-refractivity contribution is 7.91. The van der Waals surface area contributed by atoms with E-state index in [0.717, 1.165) is 16.9 Å². The minimum absolute atomic E-state index is 0.0235. The highest BCUT2D eigenvalue weighted by Gasteiger charge is 2.47. The molecule has 2 heterocycles. The second-order valence-electron chi connectivity index (χ2n) is 5.05. The number of hydrogen-bond donors (Lipinski definition) is 1. The van der Waals surface area contributed by atoms with Gasteiger partial charge < -0.3 is 5.11 Å². The smallest absolute Gasteiger partial charge is 0.311 e. The van der Waals surface area contributed by atoms with Gasteiger partial charge in [0.2, 0.25) is 0 Å². The molecule has 1 saturated heterocycles. The summed E-state index contributed by atoms with van der Waals surface area (Å²) in [7, 11) is -3.65. The van der Waals surface area contributed by atoms with Gasteiger partial charge in [0, 0.05) is 13.1 Å². The van der Waals surface area contributed by atoms with Crippen LogP contribution in [0.15, 0.2) is 10.3 Å². The largest absolute Gasteiger partial charge is 0.481 e. The number of hydrogen-bond acceptors (Lipinski definition) is 4. The first-order chi connectivity index (χ1) is 9.23. The summed E-state index contributed by atoms with van der Waals surface area (Å²) in [6, 6.07) is 1.54. The quantitative estimate of drug-likeness (QED) is 0.916. The van der Waals surface area contributed by atoms with Gasteiger partial charge in [0.05, 0.1) is 9.75 Å². The van der Waals surface area contributed by atoms with E-state index < -0.39 is 21.4 Å². The van der Waals surface area contributed by atoms with Crippen molar-refractivity contribution in [3.05, 3.63) is 16.0 Å². The first-order valence-corrected chi connectivity index (χ1v) is 8.86. The molecule has 0 aliphatic carbocycles. The number of halogens is 1. The summed E-state index contributed by atoms with van der Waals surface area (Å²) in [5.41, 5.74) is -0.252. The SMILES string of the molecule is CCC1(C(=O)O)CCN(S(=O)(=O)c2cc(C)c(Cl)s2)C1. The number of sulfonamides is 1. The maximum absolute atomic E-state index is 12.5. The van der Waals surface area contributed by atoms with Crippen molar-refractivity contribution < 1.29 is 18.3 Å². The molecule has 0 amide bonds. The molecule has 1 aromatic rings. The van der Waals surface area contributed by atoms with Gasteiger partial charge >= 0.3 is 5.97 Å². The molecule has 0 saturated carbocycles. The molecule has 0 bridgehead atoms. The molecule has 1 atom stereocenters. The fourth-order valence-corrected chi connectivity index (χ4v) is 5.73. The summed E-state index contributed by atoms with van der Waals surface area (Å²) >= 11 is 6.93. The fraction of sp³-hybridized carbons (Fsp3) is 0.583. The van der Waals surface area contributed by atoms with Gasteiger partial charge in [-0.25, -0.2) is 8.42 Å². The Kier molecular flexibility index (Phi) is 4.17. The van der Waals surface area contributed by atoms with Gasteiger partial charge in [-0.1, -0.05) is 18.5 Å². The van der Waals surface area contributed by atoms with E-state index >= 15 is 0 Å². The van der Waals surface area contributed by atoms with Crippen molar-refractivity contribution in [2.45, 2.75) is 30.9 Å². The number of carbonyl (C=O) groups is 1. The highest BCUT2D eigenvalue weighted by atomic mass is 35.5. The summed E-state index contributed by atoms with van der Waals surface area (Å²) in [5, 5.41) is 9.33. The van der Waals surface area contributed by atoms with E-state index in [1.165, 1.54) is 10.4 Å². The number of nitrogens with zero attached hydrogens (tertiary/aromatic N) is 1. The number of carboxylic acids is 1. The Morgan fingerprint density at radius 3 is 2.65 bits per heavy atom. The summed E-state index contributed by atoms with van der Waals surface area (Å²) in [5.74, 6) is -0.932. The molecule has 1 N–H and O–H groups in total. The minimum atomic E-state index is -3.65. The third-order valence-corrected chi connectivity index (χ3v) is 7.73. The van der Waals surface area contributed by atoms with Crippen molar-refractivity contribution in [3.63, 3.8) is 0 Å². The van der Waals surface area contributed by atoms with E-state index in [-0.39, 0.29) is 17.3 Å². The van der Waals surface area contributed by atoms with Crippen molar-refractivity contribution in [2.75, 3.05) is 13.1 Å². The zero-order valence-corrected chi connectivity index (χ0v) is 13.6. The number of rotatable bonds is 4. The molecule has 5 nitrogen and oxygen atoms in total. The van der Waals surface area contributed by atoms with Crippen LogP contribution < -0.4 is 0 Å². The minimum Gasteiger partial charge on any atom is -0.481 e. The Morgan fingerprint density at radius 1 is 1.60 bits per heavy atom. The van der Waals surface area contributed by atoms with Crippen LogP contribution in [-0.4, -0.2) is 36.9 Å². The fourth-order valence-electron chi connectivity index (χ4n) is 2.34. The molecule has 1 fully saturated rings. The van der Waals surface area contributed by atoms with E-state index in [9.17, 15) is 18.3 Å². The number of thiophene rings is 1. The maximum atomic E-state index is 12.5. The third-order valence-electron chi connectivity index (χ3n) is 3.88. The maximum Gasteiger partial charge on any atom is 0.311 e. The summed E-state index contributed by atoms with van der Waals surface area (Å²) in [4.78, 5) is 11.4. The van der Waals surface area contributed by atoms with Gasteiger partial charge in [0.1, 0.15) is 4.21 Å². The van der Waals surface area contributed by atoms with E-state index in [1.807, 2.05) is 0 Å². The molecule has 2 rings (SSSR count). The van der Waals surface area contributed by atoms with Crippen molar-refractivity contribution in [1.82, 2.24) is 4.31 Å². The lowest BCUT2D eigenvalue weighted by molar-refractivity contribution is -0.148. The van der Waals surface area contributed by atoms with Crippen LogP contribution in [0.5, 0.6) is 0 Å². The van der Waals surface area contributed by atoms with E-state index in [4.69, 9.17) is 11.6 Å². The van der Waals surface area contributed by atoms with Gasteiger partial charge in [-0.3, -0.25) is 4.79 Å². The molecular weight excluding hydrogens is 322 g/mol. The molecule has 1 aromatic heterocycles. The lowest BCUT2D eigenvalue weighted by atomic mass is 9.85. The lowest BCUT2D eigenvalue weighted by Gasteiger charge is -2.22. The summed E-state index contributed by atoms with van der Waals surface area (Å²) in [6.45, 7) is 3.78. The molecule has 0 spiro atoms. The van der Waals surface area contributed by atoms with Crippen LogP contribution in [0.1, 0.15) is 25.3 Å². The van der Waals surface area contributed by atoms with Crippen LogP contribution in [0.4, 0.5) is 0 Å². The molecule has 0 aromatic carbocycles. The van der Waals surface area contributed by atoms with Gasteiger partial charge in [-0.15, -0.1) is 11.3 Å². The average molecular weight is 338 g/mol. The first kappa shape index (κ1) is 15.8. The van der Waals surface area contributed by atoms with Gasteiger partial charge in [-0.05, 0) is 31.4 Å². The van der Waals surface area contributed by atoms with Crippen LogP contribution in [0.2, 0.25) is 4.34 Å². The predicted molar refractivity (Wildman–Crippen MR) is 77.8 cm³/mol. The molecular formula is C12H16ClNO4S2. The van der Waals surface area contributed by atoms with Gasteiger partial charge in [0.25, 0.3) is 10.0 Å². The third kappa shape index (κ3) is 2.47. The molecule has 1 aliphatic heterocycles. The average Bonchev–Trinajstić information content (AvgIpc) is 2.96. The molecule has 1 aliphatic rings. The Hall–Kier alpha value is -0.630. The zero-order chi connectivity index (χ0) is 15.1. The summed E-state index contributed by atoms with van der Waals surface area (Å²) < 4.78 is 26.9.